The third-order valence-electron chi connectivity index (χ3n) is 4.35. The molecule has 1 amide bonds. The molecule has 2 aliphatic heterocycles. The Bertz CT molecular complexity index is 533. The van der Waals surface area contributed by atoms with Gasteiger partial charge in [0.25, 0.3) is 0 Å². The summed E-state index contributed by atoms with van der Waals surface area (Å²) in [4.78, 5) is 14.0. The minimum absolute atomic E-state index is 0.00986. The van der Waals surface area contributed by atoms with Gasteiger partial charge in [0, 0.05) is 24.3 Å². The van der Waals surface area contributed by atoms with Crippen LogP contribution >= 0.6 is 0 Å². The quantitative estimate of drug-likeness (QED) is 0.864. The van der Waals surface area contributed by atoms with Crippen LogP contribution in [0.2, 0.25) is 0 Å². The van der Waals surface area contributed by atoms with Crippen LogP contribution in [0.3, 0.4) is 0 Å². The summed E-state index contributed by atoms with van der Waals surface area (Å²) in [6.07, 6.45) is 1.11. The third kappa shape index (κ3) is 2.16. The molecular weight excluding hydrogens is 259 g/mol. The largest absolute Gasteiger partial charge is 0.389 e. The van der Waals surface area contributed by atoms with Crippen LogP contribution in [0.25, 0.3) is 0 Å². The summed E-state index contributed by atoms with van der Waals surface area (Å²) in [7, 11) is 0. The molecule has 2 aliphatic rings. The molecule has 1 aromatic carbocycles. The molecule has 3 unspecified atom stereocenters. The highest BCUT2D eigenvalue weighted by Crippen LogP contribution is 2.35. The zero-order valence-electron chi connectivity index (χ0n) is 11.5. The van der Waals surface area contributed by atoms with E-state index in [4.69, 9.17) is 0 Å². The predicted molar refractivity (Wildman–Crippen MR) is 73.9 cm³/mol. The number of amides is 1. The smallest absolute Gasteiger partial charge is 0.225 e. The van der Waals surface area contributed by atoms with Gasteiger partial charge in [-0.25, -0.2) is 4.39 Å². The van der Waals surface area contributed by atoms with E-state index in [0.717, 1.165) is 25.1 Å². The van der Waals surface area contributed by atoms with Crippen molar-refractivity contribution in [2.45, 2.75) is 31.9 Å². The van der Waals surface area contributed by atoms with Crippen molar-refractivity contribution in [2.24, 2.45) is 5.92 Å². The Hall–Kier alpha value is -1.62. The monoisotopic (exact) mass is 278 g/mol. The molecule has 4 nitrogen and oxygen atoms in total. The van der Waals surface area contributed by atoms with Crippen molar-refractivity contribution in [2.75, 3.05) is 18.0 Å². The highest BCUT2D eigenvalue weighted by molar-refractivity contribution is 5.83. The maximum atomic E-state index is 13.4. The molecule has 1 aromatic rings. The van der Waals surface area contributed by atoms with Crippen molar-refractivity contribution in [1.82, 2.24) is 5.32 Å². The van der Waals surface area contributed by atoms with Crippen LogP contribution in [0.5, 0.6) is 0 Å². The molecule has 20 heavy (non-hydrogen) atoms. The molecular formula is C15H19FN2O2. The van der Waals surface area contributed by atoms with Crippen LogP contribution in [0.1, 0.15) is 31.4 Å². The number of piperidine rings is 1. The molecule has 0 radical (unpaired) electrons. The number of rotatable bonds is 2. The number of hydrogen-bond donors (Lipinski definition) is 2. The lowest BCUT2D eigenvalue weighted by Crippen LogP contribution is -2.46. The molecule has 2 saturated heterocycles. The lowest BCUT2D eigenvalue weighted by Gasteiger charge is -2.39. The standard InChI is InChI=1S/C15H19FN2O2/c1-9(19)12-7-10(16)4-5-13(12)18-6-2-3-11-14(18)8-17-15(11)20/h4-5,7,9,11,14,19H,2-3,6,8H2,1H3,(H,17,20). The Kier molecular flexibility index (Phi) is 3.38. The number of nitrogens with one attached hydrogen (secondary N) is 1. The van der Waals surface area contributed by atoms with Gasteiger partial charge in [0.2, 0.25) is 5.91 Å². The molecule has 2 heterocycles. The van der Waals surface area contributed by atoms with Crippen LogP contribution in [0.15, 0.2) is 18.2 Å². The fourth-order valence-corrected chi connectivity index (χ4v) is 3.37. The van der Waals surface area contributed by atoms with E-state index >= 15 is 0 Å². The van der Waals surface area contributed by atoms with Gasteiger partial charge in [0.05, 0.1) is 18.1 Å². The summed E-state index contributed by atoms with van der Waals surface area (Å²) >= 11 is 0. The number of carbonyl (C=O) groups excluding carboxylic acids is 1. The van der Waals surface area contributed by atoms with Crippen molar-refractivity contribution in [3.63, 3.8) is 0 Å². The maximum absolute atomic E-state index is 13.4. The minimum Gasteiger partial charge on any atom is -0.389 e. The summed E-state index contributed by atoms with van der Waals surface area (Å²) in [6, 6.07) is 4.62. The first kappa shape index (κ1) is 13.4. The van der Waals surface area contributed by atoms with E-state index in [9.17, 15) is 14.3 Å². The number of hydrogen-bond acceptors (Lipinski definition) is 3. The van der Waals surface area contributed by atoms with E-state index in [2.05, 4.69) is 10.2 Å². The maximum Gasteiger partial charge on any atom is 0.225 e. The number of carbonyl (C=O) groups is 1. The number of halogens is 1. The summed E-state index contributed by atoms with van der Waals surface area (Å²) in [5, 5.41) is 12.8. The zero-order chi connectivity index (χ0) is 14.3. The van der Waals surface area contributed by atoms with Crippen LogP contribution in [-0.4, -0.2) is 30.1 Å². The van der Waals surface area contributed by atoms with Crippen LogP contribution in [0, 0.1) is 11.7 Å². The highest BCUT2D eigenvalue weighted by Gasteiger charge is 2.41. The van der Waals surface area contributed by atoms with Gasteiger partial charge in [-0.05, 0) is 38.0 Å². The Morgan fingerprint density at radius 1 is 1.50 bits per heavy atom. The fraction of sp³-hybridized carbons (Fsp3) is 0.533. The molecule has 0 aromatic heterocycles. The predicted octanol–water partition coefficient (Wildman–Crippen LogP) is 1.59. The fourth-order valence-electron chi connectivity index (χ4n) is 3.37. The van der Waals surface area contributed by atoms with E-state index in [1.54, 1.807) is 13.0 Å². The Morgan fingerprint density at radius 2 is 2.30 bits per heavy atom. The Morgan fingerprint density at radius 3 is 3.05 bits per heavy atom. The van der Waals surface area contributed by atoms with Gasteiger partial charge >= 0.3 is 0 Å². The number of aliphatic hydroxyl groups excluding tert-OH is 1. The van der Waals surface area contributed by atoms with Crippen molar-refractivity contribution in [1.29, 1.82) is 0 Å². The second-order valence-corrected chi connectivity index (χ2v) is 5.63. The van der Waals surface area contributed by atoms with Gasteiger partial charge in [0.1, 0.15) is 5.82 Å². The number of aliphatic hydroxyl groups is 1. The first-order valence-electron chi connectivity index (χ1n) is 7.10. The highest BCUT2D eigenvalue weighted by atomic mass is 19.1. The van der Waals surface area contributed by atoms with Crippen molar-refractivity contribution in [3.05, 3.63) is 29.6 Å². The summed E-state index contributed by atoms with van der Waals surface area (Å²) in [6.45, 7) is 3.10. The van der Waals surface area contributed by atoms with Crippen molar-refractivity contribution < 1.29 is 14.3 Å². The average Bonchev–Trinajstić information content (AvgIpc) is 2.81. The summed E-state index contributed by atoms with van der Waals surface area (Å²) < 4.78 is 13.4. The number of nitrogens with zero attached hydrogens (tertiary/aromatic N) is 1. The molecule has 2 N–H and O–H groups in total. The molecule has 5 heteroatoms. The molecule has 0 saturated carbocycles. The Balaban J connectivity index is 1.98. The molecule has 108 valence electrons. The van der Waals surface area contributed by atoms with Gasteiger partial charge in [-0.1, -0.05) is 0 Å². The van der Waals surface area contributed by atoms with Crippen molar-refractivity contribution >= 4 is 11.6 Å². The summed E-state index contributed by atoms with van der Waals surface area (Å²) in [5.74, 6) is -0.227. The first-order valence-corrected chi connectivity index (χ1v) is 7.10. The van der Waals surface area contributed by atoms with Crippen LogP contribution in [-0.2, 0) is 4.79 Å². The number of anilines is 1. The molecule has 2 fully saturated rings. The van der Waals surface area contributed by atoms with Crippen LogP contribution in [0.4, 0.5) is 10.1 Å². The van der Waals surface area contributed by atoms with E-state index in [1.165, 1.54) is 12.1 Å². The second-order valence-electron chi connectivity index (χ2n) is 5.63. The van der Waals surface area contributed by atoms with Gasteiger partial charge in [0.15, 0.2) is 0 Å². The normalized spacial score (nSPS) is 27.1. The second kappa shape index (κ2) is 5.05. The van der Waals surface area contributed by atoms with Crippen LogP contribution < -0.4 is 10.2 Å². The topological polar surface area (TPSA) is 52.6 Å². The van der Waals surface area contributed by atoms with E-state index in [1.807, 2.05) is 0 Å². The van der Waals surface area contributed by atoms with E-state index < -0.39 is 6.10 Å². The molecule has 0 bridgehead atoms. The molecule has 0 aliphatic carbocycles. The summed E-state index contributed by atoms with van der Waals surface area (Å²) in [5.41, 5.74) is 1.43. The molecule has 0 spiro atoms. The van der Waals surface area contributed by atoms with E-state index in [0.29, 0.717) is 12.1 Å². The third-order valence-corrected chi connectivity index (χ3v) is 4.35. The van der Waals surface area contributed by atoms with Gasteiger partial charge in [-0.2, -0.15) is 0 Å². The zero-order valence-corrected chi connectivity index (χ0v) is 11.5. The SMILES string of the molecule is CC(O)c1cc(F)ccc1N1CCCC2C(=O)NCC21. The van der Waals surface area contributed by atoms with Gasteiger partial charge in [-0.15, -0.1) is 0 Å². The number of fused-ring (bicyclic) bond motifs is 1. The first-order chi connectivity index (χ1) is 9.58. The minimum atomic E-state index is -0.730. The van der Waals surface area contributed by atoms with E-state index in [-0.39, 0.29) is 23.7 Å². The lowest BCUT2D eigenvalue weighted by atomic mass is 9.90. The molecule has 3 atom stereocenters. The average molecular weight is 278 g/mol. The number of benzene rings is 1. The lowest BCUT2D eigenvalue weighted by molar-refractivity contribution is -0.122. The van der Waals surface area contributed by atoms with Gasteiger partial charge in [-0.3, -0.25) is 4.79 Å². The Labute approximate surface area is 117 Å². The van der Waals surface area contributed by atoms with Crippen molar-refractivity contribution in [3.8, 4) is 0 Å². The van der Waals surface area contributed by atoms with Gasteiger partial charge < -0.3 is 15.3 Å². The molecule has 3 rings (SSSR count).